The zero-order valence-corrected chi connectivity index (χ0v) is 29.6. The molecule has 10 aromatic rings. The maximum absolute atomic E-state index is 2.54. The molecule has 0 atom stereocenters. The highest BCUT2D eigenvalue weighted by Gasteiger charge is 2.50. The predicted molar refractivity (Wildman–Crippen MR) is 223 cm³/mol. The van der Waals surface area contributed by atoms with Gasteiger partial charge in [0.05, 0.1) is 16.4 Å². The summed E-state index contributed by atoms with van der Waals surface area (Å²) in [6, 6.07) is 70.2. The minimum atomic E-state index is -0.430. The number of nitrogens with zero attached hydrogens (tertiary/aromatic N) is 1. The molecule has 246 valence electrons. The smallest absolute Gasteiger partial charge is 0.0736 e. The molecule has 0 saturated heterocycles. The predicted octanol–water partition coefficient (Wildman–Crippen LogP) is 13.6. The van der Waals surface area contributed by atoms with Crippen molar-refractivity contribution in [3.05, 3.63) is 210 Å². The Bertz CT molecular complexity index is 3100. The van der Waals surface area contributed by atoms with Crippen molar-refractivity contribution < 1.29 is 0 Å². The van der Waals surface area contributed by atoms with E-state index in [0.717, 1.165) is 5.69 Å². The third-order valence-electron chi connectivity index (χ3n) is 11.8. The van der Waals surface area contributed by atoms with Gasteiger partial charge in [0.1, 0.15) is 0 Å². The lowest BCUT2D eigenvalue weighted by molar-refractivity contribution is 0.724. The normalized spacial score (nSPS) is 13.7. The van der Waals surface area contributed by atoms with Crippen LogP contribution in [0.15, 0.2) is 198 Å². The van der Waals surface area contributed by atoms with E-state index in [0.29, 0.717) is 0 Å². The fourth-order valence-electron chi connectivity index (χ4n) is 9.68. The van der Waals surface area contributed by atoms with Crippen LogP contribution in [0.5, 0.6) is 0 Å². The lowest BCUT2D eigenvalue weighted by Crippen LogP contribution is -2.32. The van der Waals surface area contributed by atoms with Gasteiger partial charge in [-0.25, -0.2) is 0 Å². The van der Waals surface area contributed by atoms with E-state index < -0.39 is 5.41 Å². The topological polar surface area (TPSA) is 4.93 Å². The average Bonchev–Trinajstić information content (AvgIpc) is 3.71. The zero-order valence-electron chi connectivity index (χ0n) is 28.8. The van der Waals surface area contributed by atoms with E-state index in [-0.39, 0.29) is 0 Å². The third kappa shape index (κ3) is 3.88. The number of fused-ring (bicyclic) bond motifs is 15. The molecule has 0 radical (unpaired) electrons. The summed E-state index contributed by atoms with van der Waals surface area (Å²) >= 11 is 1.92. The zero-order chi connectivity index (χ0) is 34.7. The van der Waals surface area contributed by atoms with Crippen molar-refractivity contribution >= 4 is 55.1 Å². The van der Waals surface area contributed by atoms with Crippen molar-refractivity contribution in [2.45, 2.75) is 15.2 Å². The molecule has 1 aliphatic carbocycles. The van der Waals surface area contributed by atoms with Gasteiger partial charge in [-0.15, -0.1) is 0 Å². The highest BCUT2D eigenvalue weighted by molar-refractivity contribution is 7.99. The lowest BCUT2D eigenvalue weighted by atomic mass is 9.67. The molecule has 0 bridgehead atoms. The Hall–Kier alpha value is -6.35. The molecule has 2 heterocycles. The largest absolute Gasteiger partial charge is 0.309 e. The SMILES string of the molecule is c1ccc2c(c1)Sc1cc3c4c5ccccc5ccc4n(-c4ccc(-c5cccc6ccccc56)cc4)c3cc1C21c2ccccc2-c2ccccc21. The first kappa shape index (κ1) is 29.3. The van der Waals surface area contributed by atoms with Gasteiger partial charge in [-0.1, -0.05) is 163 Å². The summed E-state index contributed by atoms with van der Waals surface area (Å²) in [6.45, 7) is 0. The Balaban J connectivity index is 1.18. The van der Waals surface area contributed by atoms with Gasteiger partial charge >= 0.3 is 0 Å². The molecule has 12 rings (SSSR count). The standard InChI is InChI=1S/C51H31NS/c1-3-15-36-32(12-1)14-11-19-37(36)34-24-27-35(28-25-34)52-46-29-26-33-13-2-4-16-38(33)50(46)41-30-49-45(31-47(41)52)51(44-22-9-10-23-48(44)53-49)42-20-7-5-17-39(42)40-18-6-8-21-43(40)51/h1-31H. The highest BCUT2D eigenvalue weighted by Crippen LogP contribution is 2.62. The van der Waals surface area contributed by atoms with Gasteiger partial charge in [0.2, 0.25) is 0 Å². The Morgan fingerprint density at radius 1 is 0.377 bits per heavy atom. The van der Waals surface area contributed by atoms with E-state index in [2.05, 4.69) is 193 Å². The molecule has 0 unspecified atom stereocenters. The molecule has 1 nitrogen and oxygen atoms in total. The van der Waals surface area contributed by atoms with Gasteiger partial charge < -0.3 is 4.57 Å². The van der Waals surface area contributed by atoms with Gasteiger partial charge in [0.15, 0.2) is 0 Å². The molecule has 2 aliphatic rings. The van der Waals surface area contributed by atoms with Crippen LogP contribution in [-0.4, -0.2) is 4.57 Å². The van der Waals surface area contributed by atoms with E-state index in [9.17, 15) is 0 Å². The Morgan fingerprint density at radius 2 is 0.981 bits per heavy atom. The number of rotatable bonds is 2. The number of aromatic nitrogens is 1. The number of hydrogen-bond acceptors (Lipinski definition) is 1. The van der Waals surface area contributed by atoms with Crippen molar-refractivity contribution in [3.63, 3.8) is 0 Å². The summed E-state index contributed by atoms with van der Waals surface area (Å²) in [6.07, 6.45) is 0. The molecule has 53 heavy (non-hydrogen) atoms. The van der Waals surface area contributed by atoms with Crippen molar-refractivity contribution in [2.24, 2.45) is 0 Å². The molecule has 2 heteroatoms. The summed E-state index contributed by atoms with van der Waals surface area (Å²) < 4.78 is 2.51. The second-order valence-electron chi connectivity index (χ2n) is 14.4. The van der Waals surface area contributed by atoms with E-state index in [1.54, 1.807) is 0 Å². The first-order valence-corrected chi connectivity index (χ1v) is 19.2. The molecular weight excluding hydrogens is 659 g/mol. The van der Waals surface area contributed by atoms with Crippen LogP contribution in [0, 0.1) is 0 Å². The lowest BCUT2D eigenvalue weighted by Gasteiger charge is -2.39. The molecule has 9 aromatic carbocycles. The average molecular weight is 690 g/mol. The van der Waals surface area contributed by atoms with Crippen LogP contribution in [-0.2, 0) is 5.41 Å². The highest BCUT2D eigenvalue weighted by atomic mass is 32.2. The van der Waals surface area contributed by atoms with Gasteiger partial charge in [0, 0.05) is 26.3 Å². The second-order valence-corrected chi connectivity index (χ2v) is 15.5. The van der Waals surface area contributed by atoms with Crippen molar-refractivity contribution in [1.29, 1.82) is 0 Å². The van der Waals surface area contributed by atoms with Crippen molar-refractivity contribution in [2.75, 3.05) is 0 Å². The van der Waals surface area contributed by atoms with Crippen LogP contribution in [0.25, 0.3) is 71.3 Å². The summed E-state index contributed by atoms with van der Waals surface area (Å²) in [5.74, 6) is 0. The minimum absolute atomic E-state index is 0.430. The summed E-state index contributed by atoms with van der Waals surface area (Å²) in [7, 11) is 0. The van der Waals surface area contributed by atoms with Crippen LogP contribution >= 0.6 is 11.8 Å². The van der Waals surface area contributed by atoms with Crippen LogP contribution < -0.4 is 0 Å². The second kappa shape index (κ2) is 10.8. The van der Waals surface area contributed by atoms with Gasteiger partial charge in [-0.3, -0.25) is 0 Å². The van der Waals surface area contributed by atoms with E-state index in [1.807, 2.05) is 11.8 Å². The summed E-state index contributed by atoms with van der Waals surface area (Å²) in [4.78, 5) is 2.64. The maximum atomic E-state index is 2.54. The molecule has 0 saturated carbocycles. The van der Waals surface area contributed by atoms with E-state index >= 15 is 0 Å². The van der Waals surface area contributed by atoms with Crippen LogP contribution in [0.4, 0.5) is 0 Å². The van der Waals surface area contributed by atoms with E-state index in [1.165, 1.54) is 97.6 Å². The van der Waals surface area contributed by atoms with Crippen LogP contribution in [0.1, 0.15) is 22.3 Å². The Morgan fingerprint density at radius 3 is 1.75 bits per heavy atom. The Labute approximate surface area is 311 Å². The maximum Gasteiger partial charge on any atom is 0.0736 e. The minimum Gasteiger partial charge on any atom is -0.309 e. The van der Waals surface area contributed by atoms with Crippen molar-refractivity contribution in [1.82, 2.24) is 4.57 Å². The number of benzene rings is 9. The molecule has 1 spiro atoms. The summed E-state index contributed by atoms with van der Waals surface area (Å²) in [5, 5.41) is 7.68. The molecular formula is C51H31NS. The monoisotopic (exact) mass is 689 g/mol. The summed E-state index contributed by atoms with van der Waals surface area (Å²) in [5.41, 5.74) is 13.8. The van der Waals surface area contributed by atoms with Crippen LogP contribution in [0.3, 0.4) is 0 Å². The van der Waals surface area contributed by atoms with Gasteiger partial charge in [0.25, 0.3) is 0 Å². The Kier molecular flexibility index (Phi) is 5.98. The van der Waals surface area contributed by atoms with Gasteiger partial charge in [-0.05, 0) is 102 Å². The first-order chi connectivity index (χ1) is 26.3. The molecule has 1 aromatic heterocycles. The molecule has 1 aliphatic heterocycles. The fourth-order valence-corrected chi connectivity index (χ4v) is 10.9. The first-order valence-electron chi connectivity index (χ1n) is 18.3. The van der Waals surface area contributed by atoms with Gasteiger partial charge in [-0.2, -0.15) is 0 Å². The van der Waals surface area contributed by atoms with Crippen LogP contribution in [0.2, 0.25) is 0 Å². The van der Waals surface area contributed by atoms with Crippen molar-refractivity contribution in [3.8, 4) is 27.9 Å². The molecule has 0 N–H and O–H groups in total. The molecule has 0 amide bonds. The van der Waals surface area contributed by atoms with E-state index in [4.69, 9.17) is 0 Å². The quantitative estimate of drug-likeness (QED) is 0.175. The number of hydrogen-bond donors (Lipinski definition) is 0. The molecule has 0 fully saturated rings. The fraction of sp³-hybridized carbons (Fsp3) is 0.0196. The third-order valence-corrected chi connectivity index (χ3v) is 13.0.